The molecule has 0 unspecified atom stereocenters. The maximum atomic E-state index is 14.7. The highest BCUT2D eigenvalue weighted by Gasteiger charge is 2.24. The second-order valence-electron chi connectivity index (χ2n) is 8.54. The smallest absolute Gasteiger partial charge is 0.167 e. The summed E-state index contributed by atoms with van der Waals surface area (Å²) in [4.78, 5) is 0. The van der Waals surface area contributed by atoms with E-state index in [1.807, 2.05) is 13.0 Å². The molecule has 0 amide bonds. The van der Waals surface area contributed by atoms with E-state index >= 15 is 0 Å². The first-order chi connectivity index (χ1) is 16.5. The molecule has 0 bridgehead atoms. The number of halogens is 3. The number of hydrogen-bond donors (Lipinski definition) is 0. The molecule has 34 heavy (non-hydrogen) atoms. The molecule has 1 aliphatic rings. The van der Waals surface area contributed by atoms with Crippen molar-refractivity contribution in [3.63, 3.8) is 0 Å². The van der Waals surface area contributed by atoms with Crippen molar-refractivity contribution in [3.05, 3.63) is 83.2 Å². The van der Waals surface area contributed by atoms with Crippen LogP contribution in [0.3, 0.4) is 0 Å². The number of rotatable bonds is 8. The van der Waals surface area contributed by atoms with Crippen molar-refractivity contribution in [2.75, 3.05) is 13.7 Å². The van der Waals surface area contributed by atoms with Crippen LogP contribution in [0.15, 0.2) is 54.6 Å². The van der Waals surface area contributed by atoms with Gasteiger partial charge in [0.15, 0.2) is 23.2 Å². The van der Waals surface area contributed by atoms with Crippen LogP contribution >= 0.6 is 0 Å². The topological polar surface area (TPSA) is 27.7 Å². The number of ether oxygens (including phenoxy) is 3. The van der Waals surface area contributed by atoms with Gasteiger partial charge in [-0.15, -0.1) is 0 Å². The SMILES string of the molecule is CCOc1ccc(C2CCC(OCc3ccc(-c4ccc(OC)cc4)c(F)c3F)CC2)cc1F. The molecule has 1 saturated carbocycles. The molecule has 3 aromatic rings. The summed E-state index contributed by atoms with van der Waals surface area (Å²) >= 11 is 0. The van der Waals surface area contributed by atoms with Gasteiger partial charge in [-0.1, -0.05) is 30.3 Å². The van der Waals surface area contributed by atoms with E-state index in [2.05, 4.69) is 0 Å². The predicted octanol–water partition coefficient (Wildman–Crippen LogP) is 7.42. The van der Waals surface area contributed by atoms with Crippen LogP contribution < -0.4 is 9.47 Å². The summed E-state index contributed by atoms with van der Waals surface area (Å²) in [6, 6.07) is 15.1. The fraction of sp³-hybridized carbons (Fsp3) is 0.357. The predicted molar refractivity (Wildman–Crippen MR) is 126 cm³/mol. The normalized spacial score (nSPS) is 18.0. The van der Waals surface area contributed by atoms with Crippen molar-refractivity contribution in [2.45, 2.75) is 51.2 Å². The Hall–Kier alpha value is -2.99. The molecule has 3 aromatic carbocycles. The number of hydrogen-bond acceptors (Lipinski definition) is 3. The van der Waals surface area contributed by atoms with Gasteiger partial charge < -0.3 is 14.2 Å². The first kappa shape index (κ1) is 24.1. The molecular weight excluding hydrogens is 441 g/mol. The molecule has 3 nitrogen and oxygen atoms in total. The average Bonchev–Trinajstić information content (AvgIpc) is 2.87. The fourth-order valence-electron chi connectivity index (χ4n) is 4.51. The lowest BCUT2D eigenvalue weighted by molar-refractivity contribution is 0.0119. The Morgan fingerprint density at radius 2 is 1.59 bits per heavy atom. The van der Waals surface area contributed by atoms with E-state index in [0.717, 1.165) is 31.2 Å². The molecule has 0 aliphatic heterocycles. The van der Waals surface area contributed by atoms with Crippen LogP contribution in [0.5, 0.6) is 11.5 Å². The zero-order valence-electron chi connectivity index (χ0n) is 19.5. The van der Waals surface area contributed by atoms with Crippen LogP contribution in [0.25, 0.3) is 11.1 Å². The third-order valence-corrected chi connectivity index (χ3v) is 6.44. The Kier molecular flexibility index (Phi) is 7.78. The molecule has 1 aliphatic carbocycles. The summed E-state index contributed by atoms with van der Waals surface area (Å²) in [6.07, 6.45) is 3.24. The van der Waals surface area contributed by atoms with Crippen molar-refractivity contribution in [1.29, 1.82) is 0 Å². The van der Waals surface area contributed by atoms with Crippen LogP contribution in [-0.4, -0.2) is 19.8 Å². The third-order valence-electron chi connectivity index (χ3n) is 6.44. The van der Waals surface area contributed by atoms with E-state index in [1.165, 1.54) is 0 Å². The lowest BCUT2D eigenvalue weighted by Crippen LogP contribution is -2.21. The van der Waals surface area contributed by atoms with Crippen molar-refractivity contribution in [2.24, 2.45) is 0 Å². The van der Waals surface area contributed by atoms with Gasteiger partial charge in [-0.05, 0) is 73.9 Å². The standard InChI is InChI=1S/C28H29F3O3/c1-3-33-26-15-9-20(16-25(26)29)18-4-12-23(13-5-18)34-17-21-8-14-24(28(31)27(21)30)19-6-10-22(32-2)11-7-19/h6-11,14-16,18,23H,3-5,12-13,17H2,1-2H3. The van der Waals surface area contributed by atoms with E-state index in [1.54, 1.807) is 55.6 Å². The Morgan fingerprint density at radius 3 is 2.24 bits per heavy atom. The summed E-state index contributed by atoms with van der Waals surface area (Å²) in [5.74, 6) is -0.928. The summed E-state index contributed by atoms with van der Waals surface area (Å²) < 4.78 is 60.0. The highest BCUT2D eigenvalue weighted by molar-refractivity contribution is 5.65. The molecule has 0 saturated heterocycles. The molecule has 6 heteroatoms. The highest BCUT2D eigenvalue weighted by Crippen LogP contribution is 2.36. The van der Waals surface area contributed by atoms with Crippen LogP contribution in [0, 0.1) is 17.5 Å². The van der Waals surface area contributed by atoms with Crippen molar-refractivity contribution >= 4 is 0 Å². The Labute approximate surface area is 198 Å². The second kappa shape index (κ2) is 11.0. The molecule has 4 rings (SSSR count). The molecule has 0 spiro atoms. The quantitative estimate of drug-likeness (QED) is 0.343. The molecule has 0 N–H and O–H groups in total. The van der Waals surface area contributed by atoms with Crippen LogP contribution in [0.2, 0.25) is 0 Å². The summed E-state index contributed by atoms with van der Waals surface area (Å²) in [6.45, 7) is 2.26. The first-order valence-corrected chi connectivity index (χ1v) is 11.6. The molecular formula is C28H29F3O3. The largest absolute Gasteiger partial charge is 0.497 e. The van der Waals surface area contributed by atoms with Gasteiger partial charge in [0.05, 0.1) is 26.4 Å². The monoisotopic (exact) mass is 470 g/mol. The van der Waals surface area contributed by atoms with Gasteiger partial charge in [0.2, 0.25) is 0 Å². The first-order valence-electron chi connectivity index (χ1n) is 11.6. The van der Waals surface area contributed by atoms with E-state index in [0.29, 0.717) is 17.9 Å². The lowest BCUT2D eigenvalue weighted by atomic mass is 9.82. The summed E-state index contributed by atoms with van der Waals surface area (Å²) in [5, 5.41) is 0. The molecule has 0 atom stereocenters. The third kappa shape index (κ3) is 5.39. The minimum absolute atomic E-state index is 0.0126. The zero-order valence-corrected chi connectivity index (χ0v) is 19.5. The molecule has 0 heterocycles. The fourth-order valence-corrected chi connectivity index (χ4v) is 4.51. The maximum absolute atomic E-state index is 14.7. The zero-order chi connectivity index (χ0) is 24.1. The average molecular weight is 471 g/mol. The Morgan fingerprint density at radius 1 is 0.853 bits per heavy atom. The van der Waals surface area contributed by atoms with Gasteiger partial charge in [0, 0.05) is 11.1 Å². The van der Waals surface area contributed by atoms with Crippen molar-refractivity contribution < 1.29 is 27.4 Å². The van der Waals surface area contributed by atoms with Crippen LogP contribution in [0.1, 0.15) is 49.7 Å². The van der Waals surface area contributed by atoms with Crippen LogP contribution in [-0.2, 0) is 11.3 Å². The van der Waals surface area contributed by atoms with Gasteiger partial charge >= 0.3 is 0 Å². The van der Waals surface area contributed by atoms with Crippen molar-refractivity contribution in [3.8, 4) is 22.6 Å². The second-order valence-corrected chi connectivity index (χ2v) is 8.54. The molecule has 0 radical (unpaired) electrons. The van der Waals surface area contributed by atoms with Crippen LogP contribution in [0.4, 0.5) is 13.2 Å². The molecule has 0 aromatic heterocycles. The Balaban J connectivity index is 1.34. The molecule has 180 valence electrons. The Bertz CT molecular complexity index is 1110. The lowest BCUT2D eigenvalue weighted by Gasteiger charge is -2.29. The van der Waals surface area contributed by atoms with Gasteiger partial charge in [-0.3, -0.25) is 0 Å². The minimum atomic E-state index is -0.883. The minimum Gasteiger partial charge on any atom is -0.497 e. The van der Waals surface area contributed by atoms with Gasteiger partial charge in [0.25, 0.3) is 0 Å². The van der Waals surface area contributed by atoms with E-state index < -0.39 is 11.6 Å². The number of methoxy groups -OCH3 is 1. The number of benzene rings is 3. The van der Waals surface area contributed by atoms with E-state index in [9.17, 15) is 13.2 Å². The highest BCUT2D eigenvalue weighted by atomic mass is 19.2. The van der Waals surface area contributed by atoms with E-state index in [-0.39, 0.29) is 41.3 Å². The summed E-state index contributed by atoms with van der Waals surface area (Å²) in [7, 11) is 1.55. The van der Waals surface area contributed by atoms with Gasteiger partial charge in [0.1, 0.15) is 5.75 Å². The maximum Gasteiger partial charge on any atom is 0.167 e. The van der Waals surface area contributed by atoms with Gasteiger partial charge in [-0.25, -0.2) is 13.2 Å². The van der Waals surface area contributed by atoms with Gasteiger partial charge in [-0.2, -0.15) is 0 Å². The molecule has 1 fully saturated rings. The van der Waals surface area contributed by atoms with E-state index in [4.69, 9.17) is 14.2 Å². The van der Waals surface area contributed by atoms with Crippen molar-refractivity contribution in [1.82, 2.24) is 0 Å². The summed E-state index contributed by atoms with van der Waals surface area (Å²) in [5.41, 5.74) is 1.94.